The molecule has 0 spiro atoms. The van der Waals surface area contributed by atoms with Crippen LogP contribution in [0.2, 0.25) is 0 Å². The van der Waals surface area contributed by atoms with Gasteiger partial charge in [-0.25, -0.2) is 13.1 Å². The minimum absolute atomic E-state index is 0.166. The quantitative estimate of drug-likeness (QED) is 0.215. The van der Waals surface area contributed by atoms with Crippen LogP contribution in [-0.4, -0.2) is 27.4 Å². The number of rotatable bonds is 11. The molecule has 44 heavy (non-hydrogen) atoms. The van der Waals surface area contributed by atoms with Crippen molar-refractivity contribution in [2.24, 2.45) is 5.41 Å². The first-order valence-electron chi connectivity index (χ1n) is 14.7. The number of aryl methyl sites for hydroxylation is 1. The van der Waals surface area contributed by atoms with Crippen LogP contribution in [-0.2, 0) is 27.4 Å². The molecule has 236 valence electrons. The van der Waals surface area contributed by atoms with E-state index in [0.29, 0.717) is 18.2 Å². The summed E-state index contributed by atoms with van der Waals surface area (Å²) in [6, 6.07) is 17.0. The number of halogens is 3. The van der Waals surface area contributed by atoms with Crippen LogP contribution < -0.4 is 15.4 Å². The lowest BCUT2D eigenvalue weighted by Gasteiger charge is -2.28. The number of benzene rings is 3. The minimum Gasteiger partial charge on any atom is -0.349 e. The lowest BCUT2D eigenvalue weighted by molar-refractivity contribution is -0.137. The summed E-state index contributed by atoms with van der Waals surface area (Å²) < 4.78 is 68.7. The summed E-state index contributed by atoms with van der Waals surface area (Å²) in [4.78, 5) is 12.8. The number of carbonyl (C=O) groups is 1. The van der Waals surface area contributed by atoms with E-state index in [2.05, 4.69) is 48.8 Å². The molecule has 4 rings (SSSR count). The monoisotopic (exact) mass is 627 g/mol. The molecule has 6 nitrogen and oxygen atoms in total. The fraction of sp³-hybridized carbons (Fsp3) is 0.382. The van der Waals surface area contributed by atoms with Crippen molar-refractivity contribution in [2.75, 3.05) is 13.1 Å². The Balaban J connectivity index is 1.48. The van der Waals surface area contributed by atoms with Gasteiger partial charge in [-0.05, 0) is 70.7 Å². The molecule has 3 aromatic rings. The van der Waals surface area contributed by atoms with Crippen LogP contribution in [0, 0.1) is 5.41 Å². The van der Waals surface area contributed by atoms with E-state index in [1.807, 2.05) is 12.1 Å². The van der Waals surface area contributed by atoms with Crippen molar-refractivity contribution in [1.82, 2.24) is 15.4 Å². The third kappa shape index (κ3) is 9.03. The Kier molecular flexibility index (Phi) is 10.4. The molecule has 0 aliphatic heterocycles. The number of alkyl halides is 3. The van der Waals surface area contributed by atoms with E-state index in [1.54, 1.807) is 30.3 Å². The number of hydrogen-bond donors (Lipinski definition) is 3. The molecule has 0 saturated heterocycles. The average Bonchev–Trinajstić information content (AvgIpc) is 2.96. The normalized spacial score (nSPS) is 16.2. The predicted molar refractivity (Wildman–Crippen MR) is 167 cm³/mol. The summed E-state index contributed by atoms with van der Waals surface area (Å²) in [6.07, 6.45) is -2.44. The van der Waals surface area contributed by atoms with Gasteiger partial charge < -0.3 is 10.6 Å². The molecule has 0 heterocycles. The SMILES string of the molecule is C=C(CNCC(C)(C)C)c1ccc2c(c1)CCC[C@H]2NC(=O)C[C@@H](NS(=O)(=O)c1cccc(C(F)(F)F)c1)c1ccccc1. The van der Waals surface area contributed by atoms with Gasteiger partial charge in [0.05, 0.1) is 22.5 Å². The predicted octanol–water partition coefficient (Wildman–Crippen LogP) is 6.96. The maximum atomic E-state index is 13.4. The molecule has 10 heteroatoms. The number of carbonyl (C=O) groups excluding carboxylic acids is 1. The molecule has 0 radical (unpaired) electrons. The van der Waals surface area contributed by atoms with E-state index in [0.717, 1.165) is 66.3 Å². The molecule has 1 aliphatic carbocycles. The largest absolute Gasteiger partial charge is 0.416 e. The van der Waals surface area contributed by atoms with Gasteiger partial charge in [-0.3, -0.25) is 4.79 Å². The minimum atomic E-state index is -4.70. The molecular weight excluding hydrogens is 587 g/mol. The average molecular weight is 628 g/mol. The molecule has 1 aliphatic rings. The summed E-state index contributed by atoms with van der Waals surface area (Å²) in [7, 11) is -4.39. The van der Waals surface area contributed by atoms with Crippen molar-refractivity contribution in [2.45, 2.75) is 69.6 Å². The molecular formula is C34H40F3N3O3S. The molecule has 3 aromatic carbocycles. The molecule has 2 atom stereocenters. The summed E-state index contributed by atoms with van der Waals surface area (Å²) >= 11 is 0. The zero-order valence-electron chi connectivity index (χ0n) is 25.3. The van der Waals surface area contributed by atoms with E-state index in [-0.39, 0.29) is 23.8 Å². The van der Waals surface area contributed by atoms with E-state index in [1.165, 1.54) is 0 Å². The zero-order chi connectivity index (χ0) is 32.1. The molecule has 0 unspecified atom stereocenters. The Morgan fingerprint density at radius 3 is 2.41 bits per heavy atom. The van der Waals surface area contributed by atoms with E-state index in [4.69, 9.17) is 0 Å². The van der Waals surface area contributed by atoms with Gasteiger partial charge in [0, 0.05) is 19.5 Å². The summed E-state index contributed by atoms with van der Waals surface area (Å²) in [5.74, 6) is -0.372. The van der Waals surface area contributed by atoms with Crippen molar-refractivity contribution in [1.29, 1.82) is 0 Å². The van der Waals surface area contributed by atoms with Crippen molar-refractivity contribution in [3.63, 3.8) is 0 Å². The summed E-state index contributed by atoms with van der Waals surface area (Å²) in [5.41, 5.74) is 3.81. The van der Waals surface area contributed by atoms with Gasteiger partial charge in [-0.1, -0.05) is 81.9 Å². The third-order valence-corrected chi connectivity index (χ3v) is 9.02. The van der Waals surface area contributed by atoms with Crippen molar-refractivity contribution in [3.8, 4) is 0 Å². The van der Waals surface area contributed by atoms with Gasteiger partial charge in [0.15, 0.2) is 0 Å². The number of fused-ring (bicyclic) bond motifs is 1. The van der Waals surface area contributed by atoms with Gasteiger partial charge in [0.1, 0.15) is 0 Å². The molecule has 0 fully saturated rings. The first kappa shape index (κ1) is 33.4. The van der Waals surface area contributed by atoms with Gasteiger partial charge >= 0.3 is 6.18 Å². The number of hydrogen-bond acceptors (Lipinski definition) is 4. The topological polar surface area (TPSA) is 87.3 Å². The highest BCUT2D eigenvalue weighted by atomic mass is 32.2. The summed E-state index contributed by atoms with van der Waals surface area (Å²) in [5, 5.41) is 6.52. The number of nitrogens with one attached hydrogen (secondary N) is 3. The fourth-order valence-electron chi connectivity index (χ4n) is 5.32. The first-order chi connectivity index (χ1) is 20.6. The van der Waals surface area contributed by atoms with Crippen molar-refractivity contribution in [3.05, 3.63) is 107 Å². The van der Waals surface area contributed by atoms with Crippen LogP contribution in [0.1, 0.15) is 79.9 Å². The molecule has 1 amide bonds. The zero-order valence-corrected chi connectivity index (χ0v) is 26.1. The van der Waals surface area contributed by atoms with Crippen LogP contribution >= 0.6 is 0 Å². The molecule has 0 bridgehead atoms. The van der Waals surface area contributed by atoms with Crippen LogP contribution in [0.15, 0.2) is 84.3 Å². The van der Waals surface area contributed by atoms with E-state index in [9.17, 15) is 26.4 Å². The van der Waals surface area contributed by atoms with E-state index < -0.39 is 32.7 Å². The van der Waals surface area contributed by atoms with Crippen molar-refractivity contribution >= 4 is 21.5 Å². The lowest BCUT2D eigenvalue weighted by Crippen LogP contribution is -2.36. The number of sulfonamides is 1. The second-order valence-electron chi connectivity index (χ2n) is 12.5. The Morgan fingerprint density at radius 2 is 1.73 bits per heavy atom. The highest BCUT2D eigenvalue weighted by molar-refractivity contribution is 7.89. The Bertz CT molecular complexity index is 1580. The van der Waals surface area contributed by atoms with Crippen LogP contribution in [0.25, 0.3) is 5.57 Å². The van der Waals surface area contributed by atoms with Gasteiger partial charge in [0.25, 0.3) is 0 Å². The van der Waals surface area contributed by atoms with Crippen LogP contribution in [0.5, 0.6) is 0 Å². The van der Waals surface area contributed by atoms with Crippen LogP contribution in [0.4, 0.5) is 13.2 Å². The summed E-state index contributed by atoms with van der Waals surface area (Å²) in [6.45, 7) is 12.3. The maximum absolute atomic E-state index is 13.4. The van der Waals surface area contributed by atoms with Gasteiger partial charge in [-0.15, -0.1) is 0 Å². The maximum Gasteiger partial charge on any atom is 0.416 e. The lowest BCUT2D eigenvalue weighted by atomic mass is 9.85. The smallest absolute Gasteiger partial charge is 0.349 e. The highest BCUT2D eigenvalue weighted by Crippen LogP contribution is 2.33. The molecule has 3 N–H and O–H groups in total. The van der Waals surface area contributed by atoms with Crippen LogP contribution in [0.3, 0.4) is 0 Å². The second-order valence-corrected chi connectivity index (χ2v) is 14.2. The number of amides is 1. The van der Waals surface area contributed by atoms with E-state index >= 15 is 0 Å². The highest BCUT2D eigenvalue weighted by Gasteiger charge is 2.33. The molecule has 0 saturated carbocycles. The first-order valence-corrected chi connectivity index (χ1v) is 16.2. The molecule has 0 aromatic heterocycles. The van der Waals surface area contributed by atoms with Gasteiger partial charge in [0.2, 0.25) is 15.9 Å². The Morgan fingerprint density at radius 1 is 1.00 bits per heavy atom. The second kappa shape index (κ2) is 13.7. The fourth-order valence-corrected chi connectivity index (χ4v) is 6.59. The Hall–Kier alpha value is -3.47. The third-order valence-electron chi connectivity index (χ3n) is 7.56. The van der Waals surface area contributed by atoms with Crippen molar-refractivity contribution < 1.29 is 26.4 Å². The van der Waals surface area contributed by atoms with Gasteiger partial charge in [-0.2, -0.15) is 13.2 Å². The Labute approximate surface area is 258 Å². The standard InChI is InChI=1S/C34H40F3N3O3S/c1-23(21-38-22-33(2,3)4)25-16-17-29-26(18-25)12-8-15-30(29)39-32(41)20-31(24-10-6-5-7-11-24)40-44(42,43)28-14-9-13-27(19-28)34(35,36)37/h5-7,9-11,13-14,16-19,30-31,38,40H,1,8,12,15,20-22H2,2-4H3,(H,39,41)/t30-,31-/m1/s1.